The Morgan fingerprint density at radius 1 is 1.50 bits per heavy atom. The molecule has 1 aromatic carbocycles. The first-order chi connectivity index (χ1) is 8.65. The van der Waals surface area contributed by atoms with E-state index in [1.807, 2.05) is 0 Å². The zero-order valence-electron chi connectivity index (χ0n) is 10.2. The van der Waals surface area contributed by atoms with Crippen molar-refractivity contribution in [3.8, 4) is 5.69 Å². The van der Waals surface area contributed by atoms with Gasteiger partial charge in [-0.3, -0.25) is 5.41 Å². The van der Waals surface area contributed by atoms with E-state index in [1.54, 1.807) is 29.1 Å². The van der Waals surface area contributed by atoms with Crippen LogP contribution >= 0.6 is 0 Å². The lowest BCUT2D eigenvalue weighted by Crippen LogP contribution is -2.17. The SMILES string of the molecule is CCCc1nccn1-c1cccc(F)c1C(=N)N. The highest BCUT2D eigenvalue weighted by atomic mass is 19.1. The lowest BCUT2D eigenvalue weighted by atomic mass is 10.1. The molecule has 0 spiro atoms. The molecule has 0 atom stereocenters. The van der Waals surface area contributed by atoms with Gasteiger partial charge in [0.05, 0.1) is 11.3 Å². The maximum atomic E-state index is 13.8. The lowest BCUT2D eigenvalue weighted by molar-refractivity contribution is 0.623. The van der Waals surface area contributed by atoms with Gasteiger partial charge in [-0.2, -0.15) is 0 Å². The van der Waals surface area contributed by atoms with Crippen LogP contribution in [0.1, 0.15) is 24.7 Å². The molecular formula is C13H15FN4. The van der Waals surface area contributed by atoms with E-state index in [2.05, 4.69) is 11.9 Å². The maximum absolute atomic E-state index is 13.8. The van der Waals surface area contributed by atoms with Crippen LogP contribution in [0.25, 0.3) is 5.69 Å². The van der Waals surface area contributed by atoms with Crippen LogP contribution in [-0.4, -0.2) is 15.4 Å². The number of nitrogens with one attached hydrogen (secondary N) is 1. The van der Waals surface area contributed by atoms with Gasteiger partial charge in [0, 0.05) is 18.8 Å². The van der Waals surface area contributed by atoms with Crippen molar-refractivity contribution in [2.75, 3.05) is 0 Å². The van der Waals surface area contributed by atoms with Gasteiger partial charge in [-0.1, -0.05) is 13.0 Å². The molecule has 0 fully saturated rings. The predicted octanol–water partition coefficient (Wildman–Crippen LogP) is 2.25. The van der Waals surface area contributed by atoms with E-state index < -0.39 is 5.82 Å². The van der Waals surface area contributed by atoms with E-state index in [-0.39, 0.29) is 11.4 Å². The minimum atomic E-state index is -0.490. The van der Waals surface area contributed by atoms with Crippen molar-refractivity contribution in [1.82, 2.24) is 9.55 Å². The van der Waals surface area contributed by atoms with Crippen molar-refractivity contribution in [2.45, 2.75) is 19.8 Å². The van der Waals surface area contributed by atoms with Crippen molar-refractivity contribution in [2.24, 2.45) is 5.73 Å². The Hall–Kier alpha value is -2.17. The number of rotatable bonds is 4. The van der Waals surface area contributed by atoms with Crippen LogP contribution in [0.2, 0.25) is 0 Å². The molecule has 0 amide bonds. The van der Waals surface area contributed by atoms with Gasteiger partial charge in [0.2, 0.25) is 0 Å². The molecule has 0 aliphatic heterocycles. The number of imidazole rings is 1. The Morgan fingerprint density at radius 2 is 2.28 bits per heavy atom. The summed E-state index contributed by atoms with van der Waals surface area (Å²) in [6, 6.07) is 4.64. The molecule has 0 aliphatic rings. The van der Waals surface area contributed by atoms with Crippen LogP contribution in [0, 0.1) is 11.2 Å². The normalized spacial score (nSPS) is 10.6. The largest absolute Gasteiger partial charge is 0.384 e. The van der Waals surface area contributed by atoms with Gasteiger partial charge in [-0.25, -0.2) is 9.37 Å². The number of aromatic nitrogens is 2. The third kappa shape index (κ3) is 2.11. The number of nitrogen functional groups attached to an aromatic ring is 1. The highest BCUT2D eigenvalue weighted by Gasteiger charge is 2.14. The fourth-order valence-electron chi connectivity index (χ4n) is 1.94. The fourth-order valence-corrected chi connectivity index (χ4v) is 1.94. The van der Waals surface area contributed by atoms with E-state index in [4.69, 9.17) is 11.1 Å². The number of hydrogen-bond acceptors (Lipinski definition) is 2. The Bertz CT molecular complexity index is 574. The first-order valence-corrected chi connectivity index (χ1v) is 5.80. The molecule has 0 radical (unpaired) electrons. The third-order valence-electron chi connectivity index (χ3n) is 2.71. The van der Waals surface area contributed by atoms with Crippen LogP contribution < -0.4 is 5.73 Å². The first kappa shape index (κ1) is 12.3. The average molecular weight is 246 g/mol. The second-order valence-electron chi connectivity index (χ2n) is 4.01. The first-order valence-electron chi connectivity index (χ1n) is 5.80. The van der Waals surface area contributed by atoms with Crippen molar-refractivity contribution < 1.29 is 4.39 Å². The highest BCUT2D eigenvalue weighted by Crippen LogP contribution is 2.19. The number of nitrogens with two attached hydrogens (primary N) is 1. The molecule has 94 valence electrons. The monoisotopic (exact) mass is 246 g/mol. The van der Waals surface area contributed by atoms with Gasteiger partial charge in [-0.05, 0) is 18.6 Å². The number of amidine groups is 1. The van der Waals surface area contributed by atoms with Gasteiger partial charge < -0.3 is 10.3 Å². The molecule has 5 heteroatoms. The van der Waals surface area contributed by atoms with Gasteiger partial charge >= 0.3 is 0 Å². The van der Waals surface area contributed by atoms with E-state index in [0.717, 1.165) is 18.7 Å². The number of hydrogen-bond donors (Lipinski definition) is 2. The van der Waals surface area contributed by atoms with Crippen molar-refractivity contribution in [3.63, 3.8) is 0 Å². The summed E-state index contributed by atoms with van der Waals surface area (Å²) in [7, 11) is 0. The molecule has 0 bridgehead atoms. The second-order valence-corrected chi connectivity index (χ2v) is 4.01. The molecule has 1 heterocycles. The van der Waals surface area contributed by atoms with E-state index in [9.17, 15) is 4.39 Å². The second kappa shape index (κ2) is 5.00. The molecule has 0 saturated carbocycles. The predicted molar refractivity (Wildman–Crippen MR) is 68.5 cm³/mol. The topological polar surface area (TPSA) is 67.7 Å². The summed E-state index contributed by atoms with van der Waals surface area (Å²) in [5, 5.41) is 7.50. The van der Waals surface area contributed by atoms with Gasteiger partial charge in [0.15, 0.2) is 0 Å². The van der Waals surface area contributed by atoms with Gasteiger partial charge in [0.1, 0.15) is 17.5 Å². The molecule has 2 aromatic rings. The van der Waals surface area contributed by atoms with E-state index in [1.165, 1.54) is 6.07 Å². The Balaban J connectivity index is 2.60. The van der Waals surface area contributed by atoms with Crippen LogP contribution in [0.15, 0.2) is 30.6 Å². The van der Waals surface area contributed by atoms with E-state index >= 15 is 0 Å². The highest BCUT2D eigenvalue weighted by molar-refractivity contribution is 5.98. The number of halogens is 1. The lowest BCUT2D eigenvalue weighted by Gasteiger charge is -2.12. The summed E-state index contributed by atoms with van der Waals surface area (Å²) in [4.78, 5) is 4.24. The molecular weight excluding hydrogens is 231 g/mol. The quantitative estimate of drug-likeness (QED) is 0.641. The summed E-state index contributed by atoms with van der Waals surface area (Å²) in [6.45, 7) is 2.05. The Morgan fingerprint density at radius 3 is 2.94 bits per heavy atom. The third-order valence-corrected chi connectivity index (χ3v) is 2.71. The summed E-state index contributed by atoms with van der Waals surface area (Å²) in [5.41, 5.74) is 6.13. The van der Waals surface area contributed by atoms with Crippen molar-refractivity contribution >= 4 is 5.84 Å². The zero-order chi connectivity index (χ0) is 13.1. The summed E-state index contributed by atoms with van der Waals surface area (Å²) in [6.07, 6.45) is 5.16. The van der Waals surface area contributed by atoms with Crippen molar-refractivity contribution in [1.29, 1.82) is 5.41 Å². The smallest absolute Gasteiger partial charge is 0.136 e. The van der Waals surface area contributed by atoms with Crippen LogP contribution in [0.5, 0.6) is 0 Å². The van der Waals surface area contributed by atoms with E-state index in [0.29, 0.717) is 5.69 Å². The zero-order valence-corrected chi connectivity index (χ0v) is 10.2. The molecule has 4 nitrogen and oxygen atoms in total. The average Bonchev–Trinajstić information content (AvgIpc) is 2.76. The number of benzene rings is 1. The minimum Gasteiger partial charge on any atom is -0.384 e. The molecule has 0 unspecified atom stereocenters. The Labute approximate surface area is 105 Å². The summed E-state index contributed by atoms with van der Waals surface area (Å²) in [5.74, 6) is 0.0704. The summed E-state index contributed by atoms with van der Waals surface area (Å²) >= 11 is 0. The van der Waals surface area contributed by atoms with Gasteiger partial charge in [0.25, 0.3) is 0 Å². The molecule has 0 saturated heterocycles. The van der Waals surface area contributed by atoms with Crippen LogP contribution in [-0.2, 0) is 6.42 Å². The van der Waals surface area contributed by atoms with Crippen molar-refractivity contribution in [3.05, 3.63) is 47.8 Å². The molecule has 3 N–H and O–H groups in total. The van der Waals surface area contributed by atoms with Crippen LogP contribution in [0.3, 0.4) is 0 Å². The molecule has 1 aromatic heterocycles. The molecule has 18 heavy (non-hydrogen) atoms. The standard InChI is InChI=1S/C13H15FN4/c1-2-4-11-17-7-8-18(11)10-6-3-5-9(14)12(10)13(15)16/h3,5-8H,2,4H2,1H3,(H3,15,16). The fraction of sp³-hybridized carbons (Fsp3) is 0.231. The maximum Gasteiger partial charge on any atom is 0.136 e. The molecule has 0 aliphatic carbocycles. The minimum absolute atomic E-state index is 0.118. The Kier molecular flexibility index (Phi) is 3.41. The van der Waals surface area contributed by atoms with Gasteiger partial charge in [-0.15, -0.1) is 0 Å². The number of aryl methyl sites for hydroxylation is 1. The summed E-state index contributed by atoms with van der Waals surface area (Å²) < 4.78 is 15.5. The molecule has 2 rings (SSSR count). The number of nitrogens with zero attached hydrogens (tertiary/aromatic N) is 2. The van der Waals surface area contributed by atoms with Crippen LogP contribution in [0.4, 0.5) is 4.39 Å².